The molecule has 1 aromatic carbocycles. The van der Waals surface area contributed by atoms with E-state index < -0.39 is 0 Å². The Kier molecular flexibility index (Phi) is 4.70. The Morgan fingerprint density at radius 3 is 2.96 bits per heavy atom. The van der Waals surface area contributed by atoms with Crippen LogP contribution in [0.25, 0.3) is 5.69 Å². The normalized spacial score (nSPS) is 20.0. The fraction of sp³-hybridized carbons (Fsp3) is 0.474. The second-order valence-electron chi connectivity index (χ2n) is 6.69. The molecule has 2 heterocycles. The zero-order valence-corrected chi connectivity index (χ0v) is 14.4. The van der Waals surface area contributed by atoms with Crippen LogP contribution in [0.4, 0.5) is 0 Å². The van der Waals surface area contributed by atoms with Crippen LogP contribution in [-0.4, -0.2) is 35.0 Å². The Bertz CT molecular complexity index is 747. The number of nitrogens with zero attached hydrogens (tertiary/aromatic N) is 3. The number of ether oxygens (including phenoxy) is 1. The molecule has 0 saturated carbocycles. The molecule has 1 aliphatic carbocycles. The molecule has 6 heteroatoms. The molecule has 1 unspecified atom stereocenters. The van der Waals surface area contributed by atoms with Crippen LogP contribution in [0.15, 0.2) is 35.3 Å². The molecule has 6 nitrogen and oxygen atoms in total. The number of nitrogens with one attached hydrogen (secondary N) is 1. The molecule has 4 rings (SSSR count). The molecule has 0 bridgehead atoms. The molecule has 1 saturated heterocycles. The predicted octanol–water partition coefficient (Wildman–Crippen LogP) is 1.94. The van der Waals surface area contributed by atoms with Gasteiger partial charge in [0.1, 0.15) is 0 Å². The number of para-hydroxylation sites is 1. The maximum atomic E-state index is 6.01. The van der Waals surface area contributed by atoms with E-state index in [1.54, 1.807) is 0 Å². The van der Waals surface area contributed by atoms with E-state index in [1.165, 1.54) is 17.7 Å². The van der Waals surface area contributed by atoms with E-state index in [0.717, 1.165) is 50.2 Å². The number of nitrogens with two attached hydrogens (primary N) is 1. The number of aromatic nitrogens is 2. The molecule has 25 heavy (non-hydrogen) atoms. The SMILES string of the molecule is NC(=NCc1nn(-c2ccccc2)c2c1CCC2)NCC1CCCO1. The molecule has 0 spiro atoms. The van der Waals surface area contributed by atoms with Crippen molar-refractivity contribution in [2.75, 3.05) is 13.2 Å². The van der Waals surface area contributed by atoms with Crippen molar-refractivity contribution >= 4 is 5.96 Å². The molecule has 0 amide bonds. The second-order valence-corrected chi connectivity index (χ2v) is 6.69. The summed E-state index contributed by atoms with van der Waals surface area (Å²) in [7, 11) is 0. The molecule has 132 valence electrons. The number of hydrogen-bond acceptors (Lipinski definition) is 3. The molecular formula is C19H25N5O. The van der Waals surface area contributed by atoms with E-state index in [0.29, 0.717) is 12.5 Å². The van der Waals surface area contributed by atoms with Crippen LogP contribution in [0.1, 0.15) is 36.2 Å². The molecule has 3 N–H and O–H groups in total. The van der Waals surface area contributed by atoms with E-state index in [2.05, 4.69) is 27.1 Å². The highest BCUT2D eigenvalue weighted by Crippen LogP contribution is 2.28. The van der Waals surface area contributed by atoms with Gasteiger partial charge in [0, 0.05) is 18.8 Å². The monoisotopic (exact) mass is 339 g/mol. The summed E-state index contributed by atoms with van der Waals surface area (Å²) in [6.07, 6.45) is 5.82. The number of fused-ring (bicyclic) bond motifs is 1. The van der Waals surface area contributed by atoms with Gasteiger partial charge in [-0.2, -0.15) is 5.10 Å². The first-order chi connectivity index (χ1) is 12.3. The van der Waals surface area contributed by atoms with Gasteiger partial charge in [-0.15, -0.1) is 0 Å². The molecular weight excluding hydrogens is 314 g/mol. The Balaban J connectivity index is 1.46. The highest BCUT2D eigenvalue weighted by molar-refractivity contribution is 5.77. The average molecular weight is 339 g/mol. The fourth-order valence-electron chi connectivity index (χ4n) is 3.66. The first-order valence-corrected chi connectivity index (χ1v) is 9.12. The standard InChI is InChI=1S/C19H25N5O/c20-19(21-12-15-8-5-11-25-15)22-13-17-16-9-4-10-18(16)24(23-17)14-6-2-1-3-7-14/h1-3,6-7,15H,4-5,8-13H2,(H3,20,21,22). The van der Waals surface area contributed by atoms with E-state index >= 15 is 0 Å². The first-order valence-electron chi connectivity index (χ1n) is 9.12. The van der Waals surface area contributed by atoms with Crippen molar-refractivity contribution < 1.29 is 4.74 Å². The summed E-state index contributed by atoms with van der Waals surface area (Å²) < 4.78 is 7.66. The summed E-state index contributed by atoms with van der Waals surface area (Å²) in [5.74, 6) is 0.469. The van der Waals surface area contributed by atoms with Crippen LogP contribution in [-0.2, 0) is 24.1 Å². The van der Waals surface area contributed by atoms with Gasteiger partial charge in [-0.3, -0.25) is 0 Å². The minimum Gasteiger partial charge on any atom is -0.376 e. The molecule has 0 radical (unpaired) electrons. The lowest BCUT2D eigenvalue weighted by molar-refractivity contribution is 0.114. The van der Waals surface area contributed by atoms with Gasteiger partial charge in [0.05, 0.1) is 24.0 Å². The second kappa shape index (κ2) is 7.27. The average Bonchev–Trinajstić information content (AvgIpc) is 3.37. The molecule has 2 aliphatic rings. The number of benzene rings is 1. The summed E-state index contributed by atoms with van der Waals surface area (Å²) >= 11 is 0. The number of rotatable bonds is 5. The van der Waals surface area contributed by atoms with Crippen LogP contribution in [0.5, 0.6) is 0 Å². The maximum Gasteiger partial charge on any atom is 0.189 e. The third kappa shape index (κ3) is 3.54. The smallest absolute Gasteiger partial charge is 0.189 e. The molecule has 1 aliphatic heterocycles. The summed E-state index contributed by atoms with van der Waals surface area (Å²) in [6.45, 7) is 2.10. The third-order valence-corrected chi connectivity index (χ3v) is 4.95. The fourth-order valence-corrected chi connectivity index (χ4v) is 3.66. The van der Waals surface area contributed by atoms with Crippen molar-refractivity contribution in [3.8, 4) is 5.69 Å². The van der Waals surface area contributed by atoms with Crippen LogP contribution < -0.4 is 11.1 Å². The lowest BCUT2D eigenvalue weighted by atomic mass is 10.2. The lowest BCUT2D eigenvalue weighted by Gasteiger charge is -2.10. The van der Waals surface area contributed by atoms with E-state index in [4.69, 9.17) is 15.6 Å². The zero-order valence-electron chi connectivity index (χ0n) is 14.4. The van der Waals surface area contributed by atoms with Gasteiger partial charge in [-0.25, -0.2) is 9.67 Å². The van der Waals surface area contributed by atoms with Gasteiger partial charge >= 0.3 is 0 Å². The highest BCUT2D eigenvalue weighted by Gasteiger charge is 2.23. The van der Waals surface area contributed by atoms with Crippen molar-refractivity contribution in [1.29, 1.82) is 0 Å². The van der Waals surface area contributed by atoms with Crippen molar-refractivity contribution in [3.63, 3.8) is 0 Å². The van der Waals surface area contributed by atoms with Crippen molar-refractivity contribution in [2.45, 2.75) is 44.8 Å². The molecule has 1 atom stereocenters. The third-order valence-electron chi connectivity index (χ3n) is 4.95. The lowest BCUT2D eigenvalue weighted by Crippen LogP contribution is -2.37. The minimum atomic E-state index is 0.260. The molecule has 1 aromatic heterocycles. The van der Waals surface area contributed by atoms with Crippen LogP contribution >= 0.6 is 0 Å². The van der Waals surface area contributed by atoms with E-state index in [-0.39, 0.29) is 6.10 Å². The first kappa shape index (κ1) is 16.1. The predicted molar refractivity (Wildman–Crippen MR) is 97.9 cm³/mol. The highest BCUT2D eigenvalue weighted by atomic mass is 16.5. The van der Waals surface area contributed by atoms with Gasteiger partial charge in [0.15, 0.2) is 5.96 Å². The Morgan fingerprint density at radius 2 is 2.16 bits per heavy atom. The molecule has 1 fully saturated rings. The van der Waals surface area contributed by atoms with Crippen molar-refractivity contribution in [2.24, 2.45) is 10.7 Å². The Morgan fingerprint density at radius 1 is 1.28 bits per heavy atom. The van der Waals surface area contributed by atoms with Gasteiger partial charge < -0.3 is 15.8 Å². The van der Waals surface area contributed by atoms with Crippen molar-refractivity contribution in [3.05, 3.63) is 47.3 Å². The zero-order chi connectivity index (χ0) is 17.1. The minimum absolute atomic E-state index is 0.260. The van der Waals surface area contributed by atoms with Gasteiger partial charge in [0.2, 0.25) is 0 Å². The van der Waals surface area contributed by atoms with E-state index in [1.807, 2.05) is 18.2 Å². The van der Waals surface area contributed by atoms with Gasteiger partial charge in [-0.1, -0.05) is 18.2 Å². The van der Waals surface area contributed by atoms with Gasteiger partial charge in [-0.05, 0) is 49.8 Å². The summed E-state index contributed by atoms with van der Waals surface area (Å²) in [5.41, 5.74) is 10.8. The van der Waals surface area contributed by atoms with Crippen molar-refractivity contribution in [1.82, 2.24) is 15.1 Å². The number of guanidine groups is 1. The molecule has 2 aromatic rings. The summed E-state index contributed by atoms with van der Waals surface area (Å²) in [4.78, 5) is 4.49. The number of aliphatic imine (C=N–C) groups is 1. The van der Waals surface area contributed by atoms with Crippen LogP contribution in [0.2, 0.25) is 0 Å². The topological polar surface area (TPSA) is 77.5 Å². The Hall–Kier alpha value is -2.34. The largest absolute Gasteiger partial charge is 0.376 e. The van der Waals surface area contributed by atoms with Crippen LogP contribution in [0, 0.1) is 0 Å². The summed E-state index contributed by atoms with van der Waals surface area (Å²) in [6, 6.07) is 10.3. The van der Waals surface area contributed by atoms with E-state index in [9.17, 15) is 0 Å². The van der Waals surface area contributed by atoms with Crippen LogP contribution in [0.3, 0.4) is 0 Å². The maximum absolute atomic E-state index is 6.01. The van der Waals surface area contributed by atoms with Gasteiger partial charge in [0.25, 0.3) is 0 Å². The quantitative estimate of drug-likeness (QED) is 0.645. The summed E-state index contributed by atoms with van der Waals surface area (Å²) in [5, 5.41) is 7.98. The Labute approximate surface area is 148 Å². The number of hydrogen-bond donors (Lipinski definition) is 2.